The molecule has 1 aliphatic rings. The first kappa shape index (κ1) is 13.2. The van der Waals surface area contributed by atoms with Crippen molar-refractivity contribution in [2.75, 3.05) is 13.7 Å². The minimum absolute atomic E-state index is 0.142. The highest BCUT2D eigenvalue weighted by molar-refractivity contribution is 5.86. The summed E-state index contributed by atoms with van der Waals surface area (Å²) in [5.74, 6) is -0.374. The van der Waals surface area contributed by atoms with Crippen LogP contribution in [0, 0.1) is 0 Å². The predicted octanol–water partition coefficient (Wildman–Crippen LogP) is 1.49. The van der Waals surface area contributed by atoms with E-state index in [1.807, 2.05) is 0 Å². The number of aliphatic carboxylic acids is 1. The highest BCUT2D eigenvalue weighted by atomic mass is 16.6. The molecule has 0 bridgehead atoms. The Morgan fingerprint density at radius 3 is 2.63 bits per heavy atom. The van der Waals surface area contributed by atoms with Crippen LogP contribution in [0.3, 0.4) is 0 Å². The highest BCUT2D eigenvalue weighted by Gasteiger charge is 2.49. The topological polar surface area (TPSA) is 76.1 Å². The standard InChI is InChI=1S/C13H15NO5/c1-13(11(15)16)8-19-12(17)14(13)7-9-3-5-10(18-2)6-4-9/h3-6H,7-8H2,1-2H3,(H,15,16). The summed E-state index contributed by atoms with van der Waals surface area (Å²) in [4.78, 5) is 24.1. The zero-order valence-corrected chi connectivity index (χ0v) is 10.8. The summed E-state index contributed by atoms with van der Waals surface area (Å²) in [5.41, 5.74) is -0.510. The molecule has 1 saturated heterocycles. The van der Waals surface area contributed by atoms with Gasteiger partial charge in [-0.2, -0.15) is 0 Å². The molecular formula is C13H15NO5. The van der Waals surface area contributed by atoms with Gasteiger partial charge in [0.25, 0.3) is 0 Å². The Morgan fingerprint density at radius 2 is 2.11 bits per heavy atom. The van der Waals surface area contributed by atoms with Gasteiger partial charge in [0.05, 0.1) is 13.7 Å². The van der Waals surface area contributed by atoms with Gasteiger partial charge in [-0.15, -0.1) is 0 Å². The molecule has 1 N–H and O–H groups in total. The Bertz CT molecular complexity index is 498. The summed E-state index contributed by atoms with van der Waals surface area (Å²) in [7, 11) is 1.56. The zero-order chi connectivity index (χ0) is 14.0. The Hall–Kier alpha value is -2.24. The number of nitrogens with zero attached hydrogens (tertiary/aromatic N) is 1. The lowest BCUT2D eigenvalue weighted by Crippen LogP contribution is -2.50. The number of methoxy groups -OCH3 is 1. The summed E-state index contributed by atoms with van der Waals surface area (Å²) in [6.45, 7) is 1.52. The van der Waals surface area contributed by atoms with Crippen molar-refractivity contribution < 1.29 is 24.2 Å². The van der Waals surface area contributed by atoms with Gasteiger partial charge in [-0.3, -0.25) is 4.90 Å². The maximum Gasteiger partial charge on any atom is 0.411 e. The number of hydrogen-bond acceptors (Lipinski definition) is 4. The quantitative estimate of drug-likeness (QED) is 0.892. The molecule has 0 radical (unpaired) electrons. The smallest absolute Gasteiger partial charge is 0.411 e. The molecule has 1 atom stereocenters. The van der Waals surface area contributed by atoms with E-state index in [0.29, 0.717) is 5.75 Å². The first-order valence-corrected chi connectivity index (χ1v) is 5.78. The number of carboxylic acid groups (broad SMARTS) is 1. The molecule has 6 heteroatoms. The SMILES string of the molecule is COc1ccc(CN2C(=O)OCC2(C)C(=O)O)cc1. The second-order valence-electron chi connectivity index (χ2n) is 4.57. The van der Waals surface area contributed by atoms with Crippen LogP contribution >= 0.6 is 0 Å². The lowest BCUT2D eigenvalue weighted by Gasteiger charge is -2.27. The van der Waals surface area contributed by atoms with Crippen molar-refractivity contribution in [3.8, 4) is 5.75 Å². The van der Waals surface area contributed by atoms with Gasteiger partial charge in [0.2, 0.25) is 0 Å². The van der Waals surface area contributed by atoms with Gasteiger partial charge in [-0.1, -0.05) is 12.1 Å². The Kier molecular flexibility index (Phi) is 3.33. The summed E-state index contributed by atoms with van der Waals surface area (Å²) in [6, 6.07) is 7.09. The third-order valence-electron chi connectivity index (χ3n) is 3.25. The molecule has 19 heavy (non-hydrogen) atoms. The predicted molar refractivity (Wildman–Crippen MR) is 65.9 cm³/mol. The van der Waals surface area contributed by atoms with Crippen LogP contribution in [-0.4, -0.2) is 41.3 Å². The number of rotatable bonds is 4. The van der Waals surface area contributed by atoms with Crippen LogP contribution in [-0.2, 0) is 16.1 Å². The van der Waals surface area contributed by atoms with Gasteiger partial charge < -0.3 is 14.6 Å². The number of carboxylic acids is 1. The number of carbonyl (C=O) groups is 2. The maximum absolute atomic E-state index is 11.6. The molecule has 0 saturated carbocycles. The van der Waals surface area contributed by atoms with Crippen molar-refractivity contribution >= 4 is 12.1 Å². The molecule has 1 heterocycles. The Balaban J connectivity index is 2.20. The average Bonchev–Trinajstić information content (AvgIpc) is 2.69. The van der Waals surface area contributed by atoms with E-state index in [4.69, 9.17) is 9.47 Å². The minimum Gasteiger partial charge on any atom is -0.497 e. The van der Waals surface area contributed by atoms with Crippen molar-refractivity contribution in [2.45, 2.75) is 19.0 Å². The minimum atomic E-state index is -1.32. The fourth-order valence-electron chi connectivity index (χ4n) is 1.89. The van der Waals surface area contributed by atoms with Gasteiger partial charge in [0.1, 0.15) is 12.4 Å². The van der Waals surface area contributed by atoms with Crippen LogP contribution in [0.5, 0.6) is 5.75 Å². The fraction of sp³-hybridized carbons (Fsp3) is 0.385. The van der Waals surface area contributed by atoms with Gasteiger partial charge in [-0.25, -0.2) is 9.59 Å². The third-order valence-corrected chi connectivity index (χ3v) is 3.25. The molecule has 102 valence electrons. The van der Waals surface area contributed by atoms with Crippen LogP contribution in [0.4, 0.5) is 4.79 Å². The van der Waals surface area contributed by atoms with Crippen molar-refractivity contribution in [1.82, 2.24) is 4.90 Å². The number of ether oxygens (including phenoxy) is 2. The van der Waals surface area contributed by atoms with Crippen molar-refractivity contribution in [3.63, 3.8) is 0 Å². The summed E-state index contributed by atoms with van der Waals surface area (Å²) in [6.07, 6.45) is -0.610. The second-order valence-corrected chi connectivity index (χ2v) is 4.57. The van der Waals surface area contributed by atoms with Crippen molar-refractivity contribution in [1.29, 1.82) is 0 Å². The Morgan fingerprint density at radius 1 is 1.47 bits per heavy atom. The molecule has 1 amide bonds. The molecule has 0 aromatic heterocycles. The number of cyclic esters (lactones) is 1. The van der Waals surface area contributed by atoms with E-state index < -0.39 is 17.6 Å². The van der Waals surface area contributed by atoms with Crippen LogP contribution in [0.15, 0.2) is 24.3 Å². The molecule has 0 spiro atoms. The van der Waals surface area contributed by atoms with Gasteiger partial charge in [0.15, 0.2) is 5.54 Å². The fourth-order valence-corrected chi connectivity index (χ4v) is 1.89. The molecule has 1 fully saturated rings. The molecular weight excluding hydrogens is 250 g/mol. The molecule has 2 rings (SSSR count). The first-order chi connectivity index (χ1) is 8.97. The van der Waals surface area contributed by atoms with Gasteiger partial charge >= 0.3 is 12.1 Å². The van der Waals surface area contributed by atoms with Gasteiger partial charge in [-0.05, 0) is 24.6 Å². The van der Waals surface area contributed by atoms with E-state index in [1.54, 1.807) is 31.4 Å². The Labute approximate surface area is 110 Å². The van der Waals surface area contributed by atoms with Crippen molar-refractivity contribution in [2.24, 2.45) is 0 Å². The molecule has 1 aromatic carbocycles. The summed E-state index contributed by atoms with van der Waals surface area (Å²) in [5, 5.41) is 9.23. The number of carbonyl (C=O) groups excluding carboxylic acids is 1. The van der Waals surface area contributed by atoms with E-state index in [0.717, 1.165) is 5.56 Å². The van der Waals surface area contributed by atoms with Crippen LogP contribution < -0.4 is 4.74 Å². The lowest BCUT2D eigenvalue weighted by atomic mass is 10.0. The van der Waals surface area contributed by atoms with E-state index in [9.17, 15) is 14.7 Å². The van der Waals surface area contributed by atoms with E-state index in [-0.39, 0.29) is 13.2 Å². The number of amides is 1. The summed E-state index contributed by atoms with van der Waals surface area (Å²) >= 11 is 0. The zero-order valence-electron chi connectivity index (χ0n) is 10.8. The first-order valence-electron chi connectivity index (χ1n) is 5.78. The van der Waals surface area contributed by atoms with Crippen LogP contribution in [0.2, 0.25) is 0 Å². The largest absolute Gasteiger partial charge is 0.497 e. The van der Waals surface area contributed by atoms with Crippen LogP contribution in [0.25, 0.3) is 0 Å². The monoisotopic (exact) mass is 265 g/mol. The lowest BCUT2D eigenvalue weighted by molar-refractivity contribution is -0.147. The molecule has 1 unspecified atom stereocenters. The van der Waals surface area contributed by atoms with Crippen LogP contribution in [0.1, 0.15) is 12.5 Å². The average molecular weight is 265 g/mol. The summed E-state index contributed by atoms with van der Waals surface area (Å²) < 4.78 is 9.88. The molecule has 1 aromatic rings. The molecule has 1 aliphatic heterocycles. The number of benzene rings is 1. The molecule has 0 aliphatic carbocycles. The number of hydrogen-bond donors (Lipinski definition) is 1. The van der Waals surface area contributed by atoms with E-state index >= 15 is 0 Å². The van der Waals surface area contributed by atoms with Crippen molar-refractivity contribution in [3.05, 3.63) is 29.8 Å². The molecule has 6 nitrogen and oxygen atoms in total. The highest BCUT2D eigenvalue weighted by Crippen LogP contribution is 2.27. The second kappa shape index (κ2) is 4.79. The third kappa shape index (κ3) is 2.33. The van der Waals surface area contributed by atoms with E-state index in [2.05, 4.69) is 0 Å². The maximum atomic E-state index is 11.6. The van der Waals surface area contributed by atoms with Gasteiger partial charge in [0, 0.05) is 0 Å². The normalized spacial score (nSPS) is 22.2. The van der Waals surface area contributed by atoms with E-state index in [1.165, 1.54) is 11.8 Å².